The first kappa shape index (κ1) is 45.9. The second kappa shape index (κ2) is 27.0. The van der Waals surface area contributed by atoms with E-state index in [1.54, 1.807) is 4.70 Å². The predicted molar refractivity (Wildman–Crippen MR) is 238 cm³/mol. The van der Waals surface area contributed by atoms with Crippen molar-refractivity contribution >= 4 is 11.4 Å². The molecule has 4 nitrogen and oxygen atoms in total. The van der Waals surface area contributed by atoms with Crippen LogP contribution in [0.5, 0.6) is 11.5 Å². The molecule has 5 rings (SSSR count). The van der Waals surface area contributed by atoms with Gasteiger partial charge in [0.05, 0.1) is 0 Å². The zero-order chi connectivity index (χ0) is 40.5. The summed E-state index contributed by atoms with van der Waals surface area (Å²) in [6.07, 6.45) is 25.1. The van der Waals surface area contributed by atoms with E-state index >= 15 is 0 Å². The van der Waals surface area contributed by atoms with Gasteiger partial charge in [-0.2, -0.15) is 0 Å². The van der Waals surface area contributed by atoms with Crippen LogP contribution in [0.2, 0.25) is 0 Å². The van der Waals surface area contributed by atoms with Gasteiger partial charge in [0.2, 0.25) is 11.4 Å². The summed E-state index contributed by atoms with van der Waals surface area (Å²) in [6.45, 7) is 11.4. The van der Waals surface area contributed by atoms with Gasteiger partial charge in [-0.1, -0.05) is 105 Å². The molecule has 0 bridgehead atoms. The number of rotatable bonds is 25. The minimum atomic E-state index is -0.207. The summed E-state index contributed by atoms with van der Waals surface area (Å²) in [7, 11) is 0. The van der Waals surface area contributed by atoms with E-state index in [-0.39, 0.29) is 18.7 Å². The van der Waals surface area contributed by atoms with Crippen LogP contribution in [0.1, 0.15) is 164 Å². The van der Waals surface area contributed by atoms with Crippen LogP contribution in [0, 0.1) is 0 Å². The van der Waals surface area contributed by atoms with Crippen molar-refractivity contribution in [3.8, 4) is 11.5 Å². The van der Waals surface area contributed by atoms with Crippen molar-refractivity contribution in [1.29, 1.82) is 0 Å². The fraction of sp³-hybridized carbons (Fsp3) is 0.462. The fourth-order valence-electron chi connectivity index (χ4n) is 7.26. The molecule has 0 atom stereocenters. The zero-order valence-electron chi connectivity index (χ0n) is 35.8. The second-order valence-electron chi connectivity index (χ2n) is 15.5. The second-order valence-corrected chi connectivity index (χ2v) is 16.4. The topological polar surface area (TPSA) is 43.8 Å². The summed E-state index contributed by atoms with van der Waals surface area (Å²) < 4.78 is 12.4. The van der Waals surface area contributed by atoms with Crippen molar-refractivity contribution in [2.75, 3.05) is 0 Å². The third-order valence-corrected chi connectivity index (χ3v) is 11.5. The van der Waals surface area contributed by atoms with E-state index < -0.39 is 0 Å². The summed E-state index contributed by atoms with van der Waals surface area (Å²) >= 11 is -0.207. The van der Waals surface area contributed by atoms with Gasteiger partial charge in [0.1, 0.15) is 0 Å². The zero-order valence-corrected chi connectivity index (χ0v) is 37.3. The van der Waals surface area contributed by atoms with Gasteiger partial charge in [0.15, 0.2) is 0 Å². The molecule has 0 N–H and O–H groups in total. The van der Waals surface area contributed by atoms with Crippen LogP contribution in [-0.2, 0) is 44.4 Å². The molecule has 0 saturated carbocycles. The SMILES string of the molecule is CCCCCCCCC1=C(c2cc(CCCC)cc(CCCC)c2)[N+](=[N-])C(c2cc(CCCC)cc(CCCC)c2)=C1.c1ccc([O][Pd][O]c2ccccc2)cc1. The van der Waals surface area contributed by atoms with E-state index in [4.69, 9.17) is 6.92 Å². The van der Waals surface area contributed by atoms with Gasteiger partial charge in [0.25, 0.3) is 0 Å². The van der Waals surface area contributed by atoms with Gasteiger partial charge in [-0.25, -0.2) is 4.70 Å². The number of hydrogen-bond donors (Lipinski definition) is 0. The molecule has 1 aliphatic rings. The molecule has 5 heteroatoms. The fourth-order valence-corrected chi connectivity index (χ4v) is 8.05. The molecule has 1 aliphatic heterocycles. The number of benzene rings is 4. The average Bonchev–Trinajstić information content (AvgIpc) is 3.58. The first-order chi connectivity index (χ1) is 28.0. The van der Waals surface area contributed by atoms with Crippen molar-refractivity contribution in [1.82, 2.24) is 0 Å². The molecule has 0 unspecified atom stereocenters. The number of nitrogens with zero attached hydrogens (tertiary/aromatic N) is 2. The van der Waals surface area contributed by atoms with Crippen molar-refractivity contribution in [3.63, 3.8) is 0 Å². The Kier molecular flexibility index (Phi) is 21.8. The summed E-state index contributed by atoms with van der Waals surface area (Å²) in [5.74, 6) is 1.67. The molecule has 0 spiro atoms. The third kappa shape index (κ3) is 16.2. The number of hydrogen-bond acceptors (Lipinski definition) is 2. The molecule has 0 fully saturated rings. The molecule has 4 aromatic rings. The number of allylic oxidation sites excluding steroid dienone is 2. The molecule has 0 radical (unpaired) electrons. The summed E-state index contributed by atoms with van der Waals surface area (Å²) in [6, 6.07) is 33.5. The molecule has 4 aromatic carbocycles. The van der Waals surface area contributed by atoms with E-state index in [0.29, 0.717) is 0 Å². The van der Waals surface area contributed by atoms with Gasteiger partial charge < -0.3 is 5.53 Å². The summed E-state index contributed by atoms with van der Waals surface area (Å²) in [5.41, 5.74) is 23.2. The molecule has 0 aliphatic carbocycles. The third-order valence-electron chi connectivity index (χ3n) is 10.5. The Morgan fingerprint density at radius 2 is 0.860 bits per heavy atom. The number of aryl methyl sites for hydroxylation is 4. The van der Waals surface area contributed by atoms with Crippen molar-refractivity contribution in [2.24, 2.45) is 0 Å². The van der Waals surface area contributed by atoms with E-state index in [1.807, 2.05) is 60.7 Å². The van der Waals surface area contributed by atoms with Crippen LogP contribution in [0.15, 0.2) is 109 Å². The molecular weight excluding hydrogens is 791 g/mol. The van der Waals surface area contributed by atoms with Gasteiger partial charge in [-0.3, -0.25) is 0 Å². The van der Waals surface area contributed by atoms with Crippen LogP contribution in [0.25, 0.3) is 16.9 Å². The van der Waals surface area contributed by atoms with E-state index in [2.05, 4.69) is 77.1 Å². The van der Waals surface area contributed by atoms with Crippen LogP contribution in [0.4, 0.5) is 0 Å². The number of para-hydroxylation sites is 2. The van der Waals surface area contributed by atoms with Gasteiger partial charge in [-0.05, 0) is 111 Å². The van der Waals surface area contributed by atoms with Gasteiger partial charge >= 0.3 is 97.8 Å². The van der Waals surface area contributed by atoms with Crippen LogP contribution < -0.4 is 6.92 Å². The Hall–Kier alpha value is -3.78. The summed E-state index contributed by atoms with van der Waals surface area (Å²) in [5, 5.41) is 0. The monoisotopic (exact) mass is 860 g/mol. The van der Waals surface area contributed by atoms with Gasteiger partial charge in [0, 0.05) is 22.8 Å². The molecule has 0 saturated heterocycles. The molecule has 0 aromatic heterocycles. The van der Waals surface area contributed by atoms with Crippen molar-refractivity contribution < 1.29 is 30.3 Å². The standard InChI is InChI=1S/C40H60N2.2C6H6O.Pd/c1-6-11-16-17-18-19-24-36-31-39(37-27-32(20-12-7-2)25-33(28-37)21-13-8-3)42(41)40(36)38-29-34(22-14-9-4)26-35(30-38)23-15-10-5;2*7-6-4-2-1-3-5-6;/h25-31H,6-24H2,1-5H3;2*1-5,7H;/q;;;+2/p-2. The Morgan fingerprint density at radius 1 is 0.456 bits per heavy atom. The van der Waals surface area contributed by atoms with Crippen LogP contribution in [0.3, 0.4) is 0 Å². The van der Waals surface area contributed by atoms with Crippen molar-refractivity contribution in [2.45, 2.75) is 157 Å². The Bertz CT molecular complexity index is 1720. The Balaban J connectivity index is 0.000000398. The number of unbranched alkanes of at least 4 members (excludes halogenated alkanes) is 9. The van der Waals surface area contributed by atoms with E-state index in [0.717, 1.165) is 55.0 Å². The van der Waals surface area contributed by atoms with Gasteiger partial charge in [-0.15, -0.1) is 0 Å². The normalized spacial score (nSPS) is 12.4. The van der Waals surface area contributed by atoms with Crippen LogP contribution >= 0.6 is 0 Å². The molecule has 57 heavy (non-hydrogen) atoms. The minimum absolute atomic E-state index is 0.207. The Morgan fingerprint density at radius 3 is 1.30 bits per heavy atom. The van der Waals surface area contributed by atoms with E-state index in [1.165, 1.54) is 129 Å². The predicted octanol–water partition coefficient (Wildman–Crippen LogP) is 15.7. The Labute approximate surface area is 355 Å². The van der Waals surface area contributed by atoms with Crippen LogP contribution in [-0.4, -0.2) is 4.70 Å². The maximum atomic E-state index is 12.0. The first-order valence-electron chi connectivity index (χ1n) is 22.2. The molecular formula is C52H70N2O2Pd. The maximum absolute atomic E-state index is 12.0. The van der Waals surface area contributed by atoms with Crippen molar-refractivity contribution in [3.05, 3.63) is 148 Å². The average molecular weight is 862 g/mol. The first-order valence-corrected chi connectivity index (χ1v) is 23.5. The van der Waals surface area contributed by atoms with E-state index in [9.17, 15) is 5.53 Å². The molecule has 0 amide bonds. The molecule has 310 valence electrons. The molecule has 1 heterocycles. The quantitative estimate of drug-likeness (QED) is 0.0378. The summed E-state index contributed by atoms with van der Waals surface area (Å²) in [4.78, 5) is 0.